The van der Waals surface area contributed by atoms with E-state index in [0.717, 1.165) is 6.20 Å². The molecule has 2 aliphatic rings. The number of nitrogens with zero attached hydrogens (tertiary/aromatic N) is 2. The van der Waals surface area contributed by atoms with Gasteiger partial charge in [-0.3, -0.25) is 9.59 Å². The Morgan fingerprint density at radius 1 is 1.41 bits per heavy atom. The molecule has 0 saturated carbocycles. The van der Waals surface area contributed by atoms with Gasteiger partial charge in [-0.15, -0.1) is 0 Å². The average Bonchev–Trinajstić information content (AvgIpc) is 2.47. The van der Waals surface area contributed by atoms with Crippen LogP contribution in [-0.2, 0) is 4.74 Å². The van der Waals surface area contributed by atoms with Gasteiger partial charge in [-0.2, -0.15) is 0 Å². The molecule has 2 fully saturated rings. The number of aromatic amines is 1. The standard InChI is InChI=1S/C15H21N3O4/c1-14(21)4-7-22-15(10-14)2-5-18(6-3-15)13(20)11-8-17-12(19)9-16-11/h8-9,21H,2-7,10H2,1H3,(H,17,19). The Hall–Kier alpha value is -1.73. The van der Waals surface area contributed by atoms with E-state index in [0.29, 0.717) is 45.4 Å². The van der Waals surface area contributed by atoms with Crippen molar-refractivity contribution in [2.24, 2.45) is 0 Å². The molecular formula is C15H21N3O4. The zero-order chi connectivity index (χ0) is 15.8. The lowest BCUT2D eigenvalue weighted by Crippen LogP contribution is -2.54. The van der Waals surface area contributed by atoms with Crippen molar-refractivity contribution >= 4 is 5.91 Å². The van der Waals surface area contributed by atoms with Crippen molar-refractivity contribution in [1.29, 1.82) is 0 Å². The maximum atomic E-state index is 12.4. The van der Waals surface area contributed by atoms with E-state index in [2.05, 4.69) is 9.97 Å². The van der Waals surface area contributed by atoms with Crippen LogP contribution < -0.4 is 5.56 Å². The van der Waals surface area contributed by atoms with Crippen LogP contribution in [0.25, 0.3) is 0 Å². The number of aliphatic hydroxyl groups is 1. The Morgan fingerprint density at radius 2 is 2.14 bits per heavy atom. The third-order valence-corrected chi connectivity index (χ3v) is 4.60. The largest absolute Gasteiger partial charge is 0.390 e. The Morgan fingerprint density at radius 3 is 2.73 bits per heavy atom. The zero-order valence-corrected chi connectivity index (χ0v) is 12.7. The molecule has 7 nitrogen and oxygen atoms in total. The summed E-state index contributed by atoms with van der Waals surface area (Å²) in [5, 5.41) is 10.3. The van der Waals surface area contributed by atoms with Crippen LogP contribution in [0.3, 0.4) is 0 Å². The van der Waals surface area contributed by atoms with E-state index >= 15 is 0 Å². The lowest BCUT2D eigenvalue weighted by atomic mass is 9.78. The van der Waals surface area contributed by atoms with E-state index in [-0.39, 0.29) is 22.8 Å². The average molecular weight is 307 g/mol. The molecule has 1 amide bonds. The van der Waals surface area contributed by atoms with Gasteiger partial charge in [0.05, 0.1) is 24.0 Å². The smallest absolute Gasteiger partial charge is 0.273 e. The maximum Gasteiger partial charge on any atom is 0.273 e. The molecule has 1 atom stereocenters. The molecule has 2 aliphatic heterocycles. The third kappa shape index (κ3) is 3.05. The number of amides is 1. The van der Waals surface area contributed by atoms with E-state index in [4.69, 9.17) is 4.74 Å². The van der Waals surface area contributed by atoms with Gasteiger partial charge in [-0.1, -0.05) is 0 Å². The fraction of sp³-hybridized carbons (Fsp3) is 0.667. The maximum absolute atomic E-state index is 12.4. The van der Waals surface area contributed by atoms with Crippen molar-refractivity contribution in [2.45, 2.75) is 43.8 Å². The number of nitrogens with one attached hydrogen (secondary N) is 1. The first-order valence-corrected chi connectivity index (χ1v) is 7.60. The second-order valence-corrected chi connectivity index (χ2v) is 6.54. The number of hydrogen-bond donors (Lipinski definition) is 2. The number of aromatic nitrogens is 2. The number of piperidine rings is 1. The van der Waals surface area contributed by atoms with Gasteiger partial charge in [0.1, 0.15) is 5.69 Å². The summed E-state index contributed by atoms with van der Waals surface area (Å²) in [5.74, 6) is -0.186. The first kappa shape index (κ1) is 15.2. The van der Waals surface area contributed by atoms with Crippen molar-refractivity contribution in [2.75, 3.05) is 19.7 Å². The Labute approximate surface area is 128 Å². The summed E-state index contributed by atoms with van der Waals surface area (Å²) in [4.78, 5) is 31.4. The highest BCUT2D eigenvalue weighted by atomic mass is 16.5. The number of hydrogen-bond acceptors (Lipinski definition) is 5. The number of carbonyl (C=O) groups excluding carboxylic acids is 1. The molecule has 0 bridgehead atoms. The summed E-state index contributed by atoms with van der Waals surface area (Å²) in [6, 6.07) is 0. The Balaban J connectivity index is 1.65. The van der Waals surface area contributed by atoms with E-state index < -0.39 is 5.60 Å². The van der Waals surface area contributed by atoms with Gasteiger partial charge < -0.3 is 19.7 Å². The number of H-pyrrole nitrogens is 1. The molecule has 0 aromatic carbocycles. The van der Waals surface area contributed by atoms with Crippen molar-refractivity contribution in [3.05, 3.63) is 28.4 Å². The summed E-state index contributed by atoms with van der Waals surface area (Å²) in [5.41, 5.74) is -1.10. The number of carbonyl (C=O) groups is 1. The van der Waals surface area contributed by atoms with Gasteiger partial charge in [0.15, 0.2) is 0 Å². The minimum Gasteiger partial charge on any atom is -0.390 e. The Kier molecular flexibility index (Phi) is 3.78. The minimum absolute atomic E-state index is 0.186. The summed E-state index contributed by atoms with van der Waals surface area (Å²) in [6.07, 6.45) is 5.13. The summed E-state index contributed by atoms with van der Waals surface area (Å²) in [7, 11) is 0. The van der Waals surface area contributed by atoms with Crippen molar-refractivity contribution in [1.82, 2.24) is 14.9 Å². The van der Waals surface area contributed by atoms with Crippen LogP contribution in [-0.4, -0.2) is 56.8 Å². The van der Waals surface area contributed by atoms with Crippen molar-refractivity contribution in [3.63, 3.8) is 0 Å². The first-order chi connectivity index (χ1) is 10.4. The SMILES string of the molecule is CC1(O)CCOC2(CCN(C(=O)c3c[nH]c(=O)cn3)CC2)C1. The molecule has 3 heterocycles. The summed E-state index contributed by atoms with van der Waals surface area (Å²) in [6.45, 7) is 3.53. The fourth-order valence-corrected chi connectivity index (χ4v) is 3.38. The molecule has 3 rings (SSSR count). The number of likely N-dealkylation sites (tertiary alicyclic amines) is 1. The van der Waals surface area contributed by atoms with Crippen LogP contribution in [0.2, 0.25) is 0 Å². The second-order valence-electron chi connectivity index (χ2n) is 6.54. The zero-order valence-electron chi connectivity index (χ0n) is 12.7. The number of rotatable bonds is 1. The van der Waals surface area contributed by atoms with Crippen LogP contribution >= 0.6 is 0 Å². The van der Waals surface area contributed by atoms with Crippen LogP contribution in [0.15, 0.2) is 17.2 Å². The van der Waals surface area contributed by atoms with Crippen molar-refractivity contribution < 1.29 is 14.6 Å². The lowest BCUT2D eigenvalue weighted by Gasteiger charge is -2.48. The van der Waals surface area contributed by atoms with Crippen LogP contribution in [0, 0.1) is 0 Å². The molecule has 1 unspecified atom stereocenters. The molecule has 0 radical (unpaired) electrons. The predicted molar refractivity (Wildman–Crippen MR) is 78.5 cm³/mol. The van der Waals surface area contributed by atoms with Gasteiger partial charge in [0.2, 0.25) is 0 Å². The Bertz CT molecular complexity index is 597. The van der Waals surface area contributed by atoms with Gasteiger partial charge in [-0.25, -0.2) is 4.98 Å². The highest BCUT2D eigenvalue weighted by Crippen LogP contribution is 2.39. The fourth-order valence-electron chi connectivity index (χ4n) is 3.38. The molecule has 1 aromatic rings. The van der Waals surface area contributed by atoms with Crippen LogP contribution in [0.5, 0.6) is 0 Å². The highest BCUT2D eigenvalue weighted by Gasteiger charge is 2.45. The molecule has 1 spiro atoms. The molecule has 1 aromatic heterocycles. The minimum atomic E-state index is -0.690. The molecule has 120 valence electrons. The summed E-state index contributed by atoms with van der Waals surface area (Å²) >= 11 is 0. The molecule has 22 heavy (non-hydrogen) atoms. The first-order valence-electron chi connectivity index (χ1n) is 7.60. The van der Waals surface area contributed by atoms with E-state index in [1.165, 1.54) is 6.20 Å². The van der Waals surface area contributed by atoms with Gasteiger partial charge in [-0.05, 0) is 26.2 Å². The van der Waals surface area contributed by atoms with Gasteiger partial charge in [0, 0.05) is 25.7 Å². The molecule has 2 N–H and O–H groups in total. The molecule has 7 heteroatoms. The monoisotopic (exact) mass is 307 g/mol. The van der Waals surface area contributed by atoms with Crippen molar-refractivity contribution in [3.8, 4) is 0 Å². The molecule has 2 saturated heterocycles. The van der Waals surface area contributed by atoms with Gasteiger partial charge >= 0.3 is 0 Å². The quantitative estimate of drug-likeness (QED) is 0.778. The lowest BCUT2D eigenvalue weighted by molar-refractivity contribution is -0.170. The topological polar surface area (TPSA) is 95.5 Å². The normalized spacial score (nSPS) is 27.8. The van der Waals surface area contributed by atoms with Crippen LogP contribution in [0.1, 0.15) is 43.1 Å². The van der Waals surface area contributed by atoms with E-state index in [9.17, 15) is 14.7 Å². The van der Waals surface area contributed by atoms with E-state index in [1.54, 1.807) is 4.90 Å². The second kappa shape index (κ2) is 5.48. The summed E-state index contributed by atoms with van der Waals surface area (Å²) < 4.78 is 5.93. The van der Waals surface area contributed by atoms with E-state index in [1.807, 2.05) is 6.92 Å². The number of ether oxygens (including phenoxy) is 1. The van der Waals surface area contributed by atoms with Crippen LogP contribution in [0.4, 0.5) is 0 Å². The highest BCUT2D eigenvalue weighted by molar-refractivity contribution is 5.92. The predicted octanol–water partition coefficient (Wildman–Crippen LogP) is 0.306. The third-order valence-electron chi connectivity index (χ3n) is 4.60. The molecule has 0 aliphatic carbocycles. The molecular weight excluding hydrogens is 286 g/mol. The van der Waals surface area contributed by atoms with Gasteiger partial charge in [0.25, 0.3) is 11.5 Å².